The molecule has 0 aromatic heterocycles. The Bertz CT molecular complexity index is 1410. The molecule has 0 radical (unpaired) electrons. The Morgan fingerprint density at radius 1 is 1.03 bits per heavy atom. The van der Waals surface area contributed by atoms with Gasteiger partial charge < -0.3 is 14.8 Å². The van der Waals surface area contributed by atoms with E-state index in [-0.39, 0.29) is 24.3 Å². The number of rotatable bonds is 7. The molecule has 0 saturated carbocycles. The largest absolute Gasteiger partial charge is 0.497 e. The number of hydrogen-bond acceptors (Lipinski definition) is 7. The van der Waals surface area contributed by atoms with Crippen LogP contribution in [0.25, 0.3) is 0 Å². The number of carbonyl (C=O) groups is 2. The highest BCUT2D eigenvalue weighted by atomic mass is 35.5. The van der Waals surface area contributed by atoms with Gasteiger partial charge in [0.2, 0.25) is 5.91 Å². The van der Waals surface area contributed by atoms with Gasteiger partial charge in [-0.1, -0.05) is 47.6 Å². The third kappa shape index (κ3) is 5.54. The van der Waals surface area contributed by atoms with Crippen molar-refractivity contribution in [1.82, 2.24) is 5.01 Å². The Morgan fingerprint density at radius 3 is 2.34 bits per heavy atom. The van der Waals surface area contributed by atoms with Gasteiger partial charge in [-0.25, -0.2) is 5.01 Å². The van der Waals surface area contributed by atoms with Crippen LogP contribution in [0.5, 0.6) is 11.5 Å². The second-order valence-corrected chi connectivity index (χ2v) is 10.3. The van der Waals surface area contributed by atoms with Crippen molar-refractivity contribution in [3.05, 3.63) is 88.9 Å². The number of thioether (sulfide) groups is 1. The number of amidine groups is 1. The zero-order valence-corrected chi connectivity index (χ0v) is 22.3. The highest BCUT2D eigenvalue weighted by molar-refractivity contribution is 8.15. The minimum Gasteiger partial charge on any atom is -0.497 e. The molecule has 5 rings (SSSR count). The van der Waals surface area contributed by atoms with Gasteiger partial charge in [0, 0.05) is 12.8 Å². The van der Waals surface area contributed by atoms with Crippen LogP contribution in [-0.2, 0) is 9.59 Å². The number of para-hydroxylation sites is 1. The number of ether oxygens (including phenoxy) is 2. The van der Waals surface area contributed by atoms with Crippen molar-refractivity contribution in [3.8, 4) is 11.5 Å². The zero-order valence-electron chi connectivity index (χ0n) is 20.8. The van der Waals surface area contributed by atoms with Crippen LogP contribution in [0.15, 0.2) is 82.9 Å². The molecule has 2 atom stereocenters. The summed E-state index contributed by atoms with van der Waals surface area (Å²) in [6.45, 7) is 0. The summed E-state index contributed by atoms with van der Waals surface area (Å²) in [5, 5.41) is 9.69. The average molecular weight is 549 g/mol. The van der Waals surface area contributed by atoms with Gasteiger partial charge in [-0.15, -0.1) is 0 Å². The molecule has 1 N–H and O–H groups in total. The van der Waals surface area contributed by atoms with Crippen LogP contribution < -0.4 is 14.8 Å². The number of amides is 2. The van der Waals surface area contributed by atoms with Crippen LogP contribution in [0.3, 0.4) is 0 Å². The maximum absolute atomic E-state index is 12.8. The van der Waals surface area contributed by atoms with Crippen molar-refractivity contribution >= 4 is 51.7 Å². The first-order valence-electron chi connectivity index (χ1n) is 11.9. The van der Waals surface area contributed by atoms with Gasteiger partial charge in [-0.05, 0) is 59.7 Å². The SMILES string of the molecule is COc1ccc(C2=NN(C3=NC(=O)[C@H](CC(=O)Nc4ccccc4Cl)S3)[C@@H](c3ccc(OC)cc3)C2)cc1. The third-order valence-electron chi connectivity index (χ3n) is 6.28. The zero-order chi connectivity index (χ0) is 26.6. The van der Waals surface area contributed by atoms with E-state index in [1.165, 1.54) is 11.8 Å². The van der Waals surface area contributed by atoms with E-state index < -0.39 is 5.25 Å². The van der Waals surface area contributed by atoms with Gasteiger partial charge in [-0.3, -0.25) is 9.59 Å². The molecule has 2 aliphatic rings. The minimum atomic E-state index is -0.649. The molecule has 0 spiro atoms. The predicted molar refractivity (Wildman–Crippen MR) is 150 cm³/mol. The average Bonchev–Trinajstić information content (AvgIpc) is 3.54. The highest BCUT2D eigenvalue weighted by Crippen LogP contribution is 2.39. The van der Waals surface area contributed by atoms with Gasteiger partial charge in [0.1, 0.15) is 16.7 Å². The molecule has 3 aromatic carbocycles. The fourth-order valence-electron chi connectivity index (χ4n) is 4.27. The fraction of sp³-hybridized carbons (Fsp3) is 0.214. The molecule has 194 valence electrons. The Labute approximate surface area is 229 Å². The second-order valence-electron chi connectivity index (χ2n) is 8.68. The van der Waals surface area contributed by atoms with Crippen molar-refractivity contribution in [2.45, 2.75) is 24.1 Å². The van der Waals surface area contributed by atoms with E-state index in [1.54, 1.807) is 43.5 Å². The summed E-state index contributed by atoms with van der Waals surface area (Å²) < 4.78 is 10.6. The van der Waals surface area contributed by atoms with Crippen molar-refractivity contribution in [3.63, 3.8) is 0 Å². The molecule has 0 saturated heterocycles. The molecule has 38 heavy (non-hydrogen) atoms. The highest BCUT2D eigenvalue weighted by Gasteiger charge is 2.39. The molecule has 0 bridgehead atoms. The number of nitrogens with one attached hydrogen (secondary N) is 1. The first kappa shape index (κ1) is 25.8. The van der Waals surface area contributed by atoms with E-state index in [0.29, 0.717) is 22.3 Å². The minimum absolute atomic E-state index is 0.0299. The van der Waals surface area contributed by atoms with Gasteiger partial charge in [-0.2, -0.15) is 10.1 Å². The number of nitrogens with zero attached hydrogens (tertiary/aromatic N) is 3. The molecule has 8 nitrogen and oxygen atoms in total. The maximum Gasteiger partial charge on any atom is 0.262 e. The molecule has 3 aromatic rings. The van der Waals surface area contributed by atoms with Gasteiger partial charge in [0.25, 0.3) is 5.91 Å². The lowest BCUT2D eigenvalue weighted by atomic mass is 9.98. The van der Waals surface area contributed by atoms with E-state index in [0.717, 1.165) is 28.3 Å². The fourth-order valence-corrected chi connectivity index (χ4v) is 5.51. The monoisotopic (exact) mass is 548 g/mol. The summed E-state index contributed by atoms with van der Waals surface area (Å²) in [6.07, 6.45) is 0.585. The molecular formula is C28H25ClN4O4S. The molecule has 2 amide bonds. The Morgan fingerprint density at radius 2 is 1.68 bits per heavy atom. The van der Waals surface area contributed by atoms with Crippen molar-refractivity contribution in [2.75, 3.05) is 19.5 Å². The summed E-state index contributed by atoms with van der Waals surface area (Å²) in [5.41, 5.74) is 3.33. The quantitative estimate of drug-likeness (QED) is 0.417. The number of aliphatic imine (C=N–C) groups is 1. The number of methoxy groups -OCH3 is 2. The molecule has 10 heteroatoms. The van der Waals surface area contributed by atoms with E-state index in [9.17, 15) is 9.59 Å². The molecular weight excluding hydrogens is 524 g/mol. The molecule has 0 aliphatic carbocycles. The van der Waals surface area contributed by atoms with E-state index in [2.05, 4.69) is 10.3 Å². The van der Waals surface area contributed by atoms with Gasteiger partial charge in [0.15, 0.2) is 5.17 Å². The van der Waals surface area contributed by atoms with Crippen molar-refractivity contribution < 1.29 is 19.1 Å². The van der Waals surface area contributed by atoms with Crippen LogP contribution in [0, 0.1) is 0 Å². The summed E-state index contributed by atoms with van der Waals surface area (Å²) >= 11 is 7.40. The third-order valence-corrected chi connectivity index (χ3v) is 7.75. The Balaban J connectivity index is 1.36. The number of hydrogen-bond donors (Lipinski definition) is 1. The lowest BCUT2D eigenvalue weighted by Gasteiger charge is -2.23. The van der Waals surface area contributed by atoms with E-state index >= 15 is 0 Å². The molecule has 2 heterocycles. The maximum atomic E-state index is 12.8. The van der Waals surface area contributed by atoms with Gasteiger partial charge >= 0.3 is 0 Å². The summed E-state index contributed by atoms with van der Waals surface area (Å²) in [7, 11) is 3.25. The van der Waals surface area contributed by atoms with Crippen LogP contribution in [0.1, 0.15) is 30.0 Å². The Hall–Kier alpha value is -3.82. The second kappa shape index (κ2) is 11.3. The van der Waals surface area contributed by atoms with E-state index in [1.807, 2.05) is 48.5 Å². The van der Waals surface area contributed by atoms with Gasteiger partial charge in [0.05, 0.1) is 36.7 Å². The molecule has 0 fully saturated rings. The predicted octanol–water partition coefficient (Wildman–Crippen LogP) is 5.54. The molecule has 0 unspecified atom stereocenters. The number of carbonyl (C=O) groups excluding carboxylic acids is 2. The lowest BCUT2D eigenvalue weighted by molar-refractivity contribution is -0.121. The number of halogens is 1. The number of hydrazone groups is 1. The standard InChI is InChI=1S/C28H25ClN4O4S/c1-36-19-11-7-17(8-12-19)23-15-24(18-9-13-20(37-2)14-10-18)33(32-23)28-31-27(35)25(38-28)16-26(34)30-22-6-4-3-5-21(22)29/h3-14,24-25H,15-16H2,1-2H3,(H,30,34)/t24-,25+/m1/s1. The Kier molecular flexibility index (Phi) is 7.67. The summed E-state index contributed by atoms with van der Waals surface area (Å²) in [5.74, 6) is 0.842. The first-order valence-corrected chi connectivity index (χ1v) is 13.2. The first-order chi connectivity index (χ1) is 18.4. The number of anilines is 1. The van der Waals surface area contributed by atoms with Crippen LogP contribution in [0.2, 0.25) is 5.02 Å². The van der Waals surface area contributed by atoms with Crippen LogP contribution in [-0.4, -0.2) is 47.2 Å². The van der Waals surface area contributed by atoms with Crippen LogP contribution in [0.4, 0.5) is 5.69 Å². The lowest BCUT2D eigenvalue weighted by Crippen LogP contribution is -2.25. The van der Waals surface area contributed by atoms with E-state index in [4.69, 9.17) is 26.2 Å². The normalized spacial score (nSPS) is 18.7. The summed E-state index contributed by atoms with van der Waals surface area (Å²) in [6, 6.07) is 22.3. The topological polar surface area (TPSA) is 92.6 Å². The van der Waals surface area contributed by atoms with Crippen molar-refractivity contribution in [2.24, 2.45) is 10.1 Å². The summed E-state index contributed by atoms with van der Waals surface area (Å²) in [4.78, 5) is 29.8. The van der Waals surface area contributed by atoms with Crippen LogP contribution >= 0.6 is 23.4 Å². The van der Waals surface area contributed by atoms with Crippen molar-refractivity contribution in [1.29, 1.82) is 0 Å². The smallest absolute Gasteiger partial charge is 0.262 e. The number of benzene rings is 3. The molecule has 2 aliphatic heterocycles.